The van der Waals surface area contributed by atoms with E-state index in [1.165, 1.54) is 12.8 Å². The van der Waals surface area contributed by atoms with Crippen molar-refractivity contribution in [3.05, 3.63) is 79.1 Å². The number of imidazole rings is 2. The topological polar surface area (TPSA) is 71.8 Å². The monoisotopic (exact) mass is 378 g/mol. The molecule has 0 amide bonds. The fourth-order valence-electron chi connectivity index (χ4n) is 3.61. The minimum atomic E-state index is 0.627. The molecule has 140 valence electrons. The number of pyridine rings is 1. The normalized spacial score (nSPS) is 13.8. The van der Waals surface area contributed by atoms with Crippen molar-refractivity contribution in [2.24, 2.45) is 0 Å². The molecular formula is C23H18N6. The zero-order valence-corrected chi connectivity index (χ0v) is 15.7. The van der Waals surface area contributed by atoms with Crippen molar-refractivity contribution in [3.63, 3.8) is 0 Å². The lowest BCUT2D eigenvalue weighted by Crippen LogP contribution is -1.96. The molecule has 1 N–H and O–H groups in total. The highest BCUT2D eigenvalue weighted by molar-refractivity contribution is 5.69. The average Bonchev–Trinajstić information content (AvgIpc) is 3.36. The Kier molecular flexibility index (Phi) is 3.56. The molecule has 5 aromatic rings. The summed E-state index contributed by atoms with van der Waals surface area (Å²) in [6.07, 6.45) is 9.84. The summed E-state index contributed by atoms with van der Waals surface area (Å²) in [5, 5.41) is 4.80. The first-order valence-electron chi connectivity index (χ1n) is 9.76. The third-order valence-electron chi connectivity index (χ3n) is 5.39. The Labute approximate surface area is 167 Å². The van der Waals surface area contributed by atoms with Gasteiger partial charge in [0, 0.05) is 29.4 Å². The van der Waals surface area contributed by atoms with Gasteiger partial charge in [0.05, 0.1) is 29.5 Å². The van der Waals surface area contributed by atoms with Crippen LogP contribution in [0.3, 0.4) is 0 Å². The smallest absolute Gasteiger partial charge is 0.154 e. The van der Waals surface area contributed by atoms with Crippen molar-refractivity contribution >= 4 is 5.65 Å². The third kappa shape index (κ3) is 2.89. The van der Waals surface area contributed by atoms with E-state index < -0.39 is 0 Å². The lowest BCUT2D eigenvalue weighted by atomic mass is 10.1. The zero-order chi connectivity index (χ0) is 19.2. The summed E-state index contributed by atoms with van der Waals surface area (Å²) in [6.45, 7) is 0. The number of rotatable bonds is 4. The van der Waals surface area contributed by atoms with Gasteiger partial charge in [-0.1, -0.05) is 24.3 Å². The molecule has 6 heteroatoms. The molecule has 4 heterocycles. The van der Waals surface area contributed by atoms with Crippen LogP contribution in [0.15, 0.2) is 73.3 Å². The predicted molar refractivity (Wildman–Crippen MR) is 111 cm³/mol. The van der Waals surface area contributed by atoms with Crippen LogP contribution in [0.1, 0.15) is 24.6 Å². The van der Waals surface area contributed by atoms with Crippen LogP contribution in [0.2, 0.25) is 0 Å². The summed E-state index contributed by atoms with van der Waals surface area (Å²) >= 11 is 0. The Morgan fingerprint density at radius 2 is 1.59 bits per heavy atom. The molecule has 0 radical (unpaired) electrons. The second kappa shape index (κ2) is 6.38. The molecule has 0 spiro atoms. The summed E-state index contributed by atoms with van der Waals surface area (Å²) in [7, 11) is 0. The van der Waals surface area contributed by atoms with E-state index in [2.05, 4.69) is 44.2 Å². The van der Waals surface area contributed by atoms with Crippen LogP contribution in [-0.2, 0) is 0 Å². The molecule has 0 unspecified atom stereocenters. The fraction of sp³-hybridized carbons (Fsp3) is 0.130. The van der Waals surface area contributed by atoms with Gasteiger partial charge in [-0.15, -0.1) is 0 Å². The van der Waals surface area contributed by atoms with E-state index in [1.807, 2.05) is 41.2 Å². The van der Waals surface area contributed by atoms with Crippen molar-refractivity contribution in [2.75, 3.05) is 0 Å². The number of hydrogen-bond donors (Lipinski definition) is 1. The zero-order valence-electron chi connectivity index (χ0n) is 15.7. The first kappa shape index (κ1) is 16.2. The Morgan fingerprint density at radius 3 is 2.38 bits per heavy atom. The molecule has 4 aromatic heterocycles. The van der Waals surface area contributed by atoms with Gasteiger partial charge in [-0.05, 0) is 42.7 Å². The number of nitrogens with zero attached hydrogens (tertiary/aromatic N) is 5. The van der Waals surface area contributed by atoms with Gasteiger partial charge in [-0.3, -0.25) is 4.98 Å². The van der Waals surface area contributed by atoms with Gasteiger partial charge < -0.3 is 4.98 Å². The van der Waals surface area contributed by atoms with Crippen LogP contribution >= 0.6 is 0 Å². The van der Waals surface area contributed by atoms with Crippen LogP contribution in [0.5, 0.6) is 0 Å². The summed E-state index contributed by atoms with van der Waals surface area (Å²) in [4.78, 5) is 16.6. The van der Waals surface area contributed by atoms with Crippen molar-refractivity contribution in [1.29, 1.82) is 0 Å². The molecule has 6 rings (SSSR count). The van der Waals surface area contributed by atoms with Crippen LogP contribution < -0.4 is 0 Å². The summed E-state index contributed by atoms with van der Waals surface area (Å²) in [6, 6.07) is 16.3. The van der Waals surface area contributed by atoms with E-state index in [9.17, 15) is 0 Å². The van der Waals surface area contributed by atoms with Gasteiger partial charge in [-0.25, -0.2) is 14.5 Å². The molecule has 1 fully saturated rings. The number of hydrogen-bond acceptors (Lipinski definition) is 4. The lowest BCUT2D eigenvalue weighted by Gasteiger charge is -2.05. The molecule has 0 atom stereocenters. The highest BCUT2D eigenvalue weighted by Crippen LogP contribution is 2.39. The van der Waals surface area contributed by atoms with Crippen LogP contribution in [0, 0.1) is 0 Å². The molecule has 1 aliphatic rings. The number of aromatic nitrogens is 6. The standard InChI is InChI=1S/C23H18N6/c1-3-17(4-2-15(1)20-13-26-23(27-20)18-5-6-18)21-14-25-22-8-7-19(28-29(21)22)16-9-11-24-12-10-16/h1-4,7-14,18H,5-6H2,(H,26,27). The number of fused-ring (bicyclic) bond motifs is 1. The van der Waals surface area contributed by atoms with E-state index in [0.717, 1.165) is 45.2 Å². The van der Waals surface area contributed by atoms with Gasteiger partial charge >= 0.3 is 0 Å². The Bertz CT molecular complexity index is 1300. The number of benzene rings is 1. The van der Waals surface area contributed by atoms with Gasteiger partial charge in [0.15, 0.2) is 5.65 Å². The van der Waals surface area contributed by atoms with Crippen LogP contribution in [-0.4, -0.2) is 29.5 Å². The minimum absolute atomic E-state index is 0.627. The number of H-pyrrole nitrogens is 1. The van der Waals surface area contributed by atoms with Gasteiger partial charge in [-0.2, -0.15) is 5.10 Å². The van der Waals surface area contributed by atoms with Crippen LogP contribution in [0.25, 0.3) is 39.4 Å². The van der Waals surface area contributed by atoms with Gasteiger partial charge in [0.2, 0.25) is 0 Å². The molecule has 0 saturated heterocycles. The van der Waals surface area contributed by atoms with Crippen molar-refractivity contribution in [1.82, 2.24) is 29.5 Å². The largest absolute Gasteiger partial charge is 0.342 e. The fourth-order valence-corrected chi connectivity index (χ4v) is 3.61. The van der Waals surface area contributed by atoms with Crippen molar-refractivity contribution < 1.29 is 0 Å². The second-order valence-electron chi connectivity index (χ2n) is 7.40. The summed E-state index contributed by atoms with van der Waals surface area (Å²) in [5.74, 6) is 1.74. The van der Waals surface area contributed by atoms with Gasteiger partial charge in [0.1, 0.15) is 5.82 Å². The predicted octanol–water partition coefficient (Wildman–Crippen LogP) is 4.73. The van der Waals surface area contributed by atoms with Crippen molar-refractivity contribution in [3.8, 4) is 33.8 Å². The highest BCUT2D eigenvalue weighted by atomic mass is 15.3. The molecule has 0 aliphatic heterocycles. The Balaban J connectivity index is 1.36. The van der Waals surface area contributed by atoms with Gasteiger partial charge in [0.25, 0.3) is 0 Å². The van der Waals surface area contributed by atoms with E-state index in [4.69, 9.17) is 5.10 Å². The molecule has 0 bridgehead atoms. The first-order chi connectivity index (χ1) is 14.3. The Hall–Kier alpha value is -3.80. The van der Waals surface area contributed by atoms with Crippen molar-refractivity contribution in [2.45, 2.75) is 18.8 Å². The lowest BCUT2D eigenvalue weighted by molar-refractivity contribution is 0.949. The summed E-state index contributed by atoms with van der Waals surface area (Å²) < 4.78 is 1.90. The Morgan fingerprint density at radius 1 is 0.793 bits per heavy atom. The molecular weight excluding hydrogens is 360 g/mol. The molecule has 1 aromatic carbocycles. The maximum atomic E-state index is 4.80. The second-order valence-corrected chi connectivity index (χ2v) is 7.40. The molecule has 1 aliphatic carbocycles. The third-order valence-corrected chi connectivity index (χ3v) is 5.39. The number of nitrogens with one attached hydrogen (secondary N) is 1. The molecule has 6 nitrogen and oxygen atoms in total. The maximum Gasteiger partial charge on any atom is 0.154 e. The van der Waals surface area contributed by atoms with E-state index in [1.54, 1.807) is 12.4 Å². The summed E-state index contributed by atoms with van der Waals surface area (Å²) in [5.41, 5.74) is 6.98. The number of aromatic amines is 1. The SMILES string of the molecule is c1cc(-c2ccc3ncc(-c4ccc(-c5cnc(C6CC6)[nH]5)cc4)n3n2)ccn1. The first-order valence-corrected chi connectivity index (χ1v) is 9.76. The van der Waals surface area contributed by atoms with E-state index in [0.29, 0.717) is 5.92 Å². The highest BCUT2D eigenvalue weighted by Gasteiger charge is 2.26. The van der Waals surface area contributed by atoms with Crippen LogP contribution in [0.4, 0.5) is 0 Å². The maximum absolute atomic E-state index is 4.80. The minimum Gasteiger partial charge on any atom is -0.342 e. The van der Waals surface area contributed by atoms with E-state index in [-0.39, 0.29) is 0 Å². The average molecular weight is 378 g/mol. The molecule has 29 heavy (non-hydrogen) atoms. The van der Waals surface area contributed by atoms with E-state index >= 15 is 0 Å². The molecule has 1 saturated carbocycles. The quantitative estimate of drug-likeness (QED) is 0.491.